The Bertz CT molecular complexity index is 741. The number of nitrogens with one attached hydrogen (secondary N) is 2. The lowest BCUT2D eigenvalue weighted by Gasteiger charge is -2.15. The predicted molar refractivity (Wildman–Crippen MR) is 102 cm³/mol. The molecule has 5 nitrogen and oxygen atoms in total. The van der Waals surface area contributed by atoms with Crippen molar-refractivity contribution < 1.29 is 14.3 Å². The van der Waals surface area contributed by atoms with E-state index in [1.165, 1.54) is 5.56 Å². The Balaban J connectivity index is 1.88. The molecule has 2 rings (SSSR count). The largest absolute Gasteiger partial charge is 0.493 e. The van der Waals surface area contributed by atoms with Crippen LogP contribution < -0.4 is 15.4 Å². The average Bonchev–Trinajstić information content (AvgIpc) is 2.67. The van der Waals surface area contributed by atoms with Gasteiger partial charge in [0.1, 0.15) is 5.75 Å². The summed E-state index contributed by atoms with van der Waals surface area (Å²) in [5, 5.41) is 5.54. The molecular formula is C21H26N2O3. The van der Waals surface area contributed by atoms with Crippen molar-refractivity contribution in [2.24, 2.45) is 0 Å². The van der Waals surface area contributed by atoms with E-state index in [1.807, 2.05) is 26.0 Å². The molecule has 2 aromatic carbocycles. The highest BCUT2D eigenvalue weighted by Crippen LogP contribution is 2.17. The summed E-state index contributed by atoms with van der Waals surface area (Å²) in [6.45, 7) is 6.27. The van der Waals surface area contributed by atoms with Crippen LogP contribution in [0.1, 0.15) is 48.3 Å². The highest BCUT2D eigenvalue weighted by molar-refractivity contribution is 5.98. The number of aryl methyl sites for hydroxylation is 1. The van der Waals surface area contributed by atoms with E-state index >= 15 is 0 Å². The lowest BCUT2D eigenvalue weighted by molar-refractivity contribution is -0.120. The maximum absolute atomic E-state index is 12.3. The first kappa shape index (κ1) is 19.5. The number of amides is 2. The molecule has 26 heavy (non-hydrogen) atoms. The first-order chi connectivity index (χ1) is 12.5. The third-order valence-corrected chi connectivity index (χ3v) is 4.11. The number of carbonyl (C=O) groups excluding carboxylic acids is 2. The fourth-order valence-corrected chi connectivity index (χ4v) is 2.61. The van der Waals surface area contributed by atoms with Gasteiger partial charge in [-0.3, -0.25) is 9.59 Å². The molecule has 138 valence electrons. The van der Waals surface area contributed by atoms with Crippen molar-refractivity contribution in [3.63, 3.8) is 0 Å². The van der Waals surface area contributed by atoms with E-state index in [2.05, 4.69) is 29.7 Å². The van der Waals surface area contributed by atoms with E-state index < -0.39 is 0 Å². The third kappa shape index (κ3) is 5.34. The van der Waals surface area contributed by atoms with Crippen molar-refractivity contribution in [3.05, 3.63) is 65.2 Å². The molecule has 0 fully saturated rings. The summed E-state index contributed by atoms with van der Waals surface area (Å²) < 4.78 is 5.44. The van der Waals surface area contributed by atoms with Crippen LogP contribution in [0.4, 0.5) is 0 Å². The minimum absolute atomic E-state index is 0.0866. The highest BCUT2D eigenvalue weighted by Gasteiger charge is 2.14. The van der Waals surface area contributed by atoms with Gasteiger partial charge in [0, 0.05) is 0 Å². The van der Waals surface area contributed by atoms with Crippen molar-refractivity contribution in [2.75, 3.05) is 13.2 Å². The lowest BCUT2D eigenvalue weighted by atomic mass is 10.1. The Labute approximate surface area is 154 Å². The Morgan fingerprint density at radius 2 is 1.73 bits per heavy atom. The summed E-state index contributed by atoms with van der Waals surface area (Å²) >= 11 is 0. The van der Waals surface area contributed by atoms with Crippen LogP contribution in [0.5, 0.6) is 5.75 Å². The standard InChI is InChI=1S/C21H26N2O3/c1-4-16-10-12-17(13-11-16)15(3)23-20(24)14-22-21(25)18-8-6-7-9-19(18)26-5-2/h6-13,15H,4-5,14H2,1-3H3,(H,22,25)(H,23,24). The zero-order valence-corrected chi connectivity index (χ0v) is 15.5. The van der Waals surface area contributed by atoms with E-state index in [1.54, 1.807) is 24.3 Å². The Morgan fingerprint density at radius 3 is 2.38 bits per heavy atom. The molecule has 0 saturated carbocycles. The van der Waals surface area contributed by atoms with Crippen molar-refractivity contribution in [3.8, 4) is 5.75 Å². The van der Waals surface area contributed by atoms with E-state index in [-0.39, 0.29) is 24.4 Å². The molecule has 0 bridgehead atoms. The van der Waals surface area contributed by atoms with Gasteiger partial charge >= 0.3 is 0 Å². The number of hydrogen-bond acceptors (Lipinski definition) is 3. The van der Waals surface area contributed by atoms with Crippen molar-refractivity contribution in [2.45, 2.75) is 33.2 Å². The maximum Gasteiger partial charge on any atom is 0.255 e. The topological polar surface area (TPSA) is 67.4 Å². The van der Waals surface area contributed by atoms with Gasteiger partial charge in [0.05, 0.1) is 24.8 Å². The van der Waals surface area contributed by atoms with Crippen molar-refractivity contribution in [1.82, 2.24) is 10.6 Å². The summed E-state index contributed by atoms with van der Waals surface area (Å²) in [6.07, 6.45) is 0.982. The average molecular weight is 354 g/mol. The van der Waals surface area contributed by atoms with Crippen LogP contribution in [0, 0.1) is 0 Å². The second-order valence-corrected chi connectivity index (χ2v) is 6.00. The molecule has 5 heteroatoms. The van der Waals surface area contributed by atoms with Crippen molar-refractivity contribution in [1.29, 1.82) is 0 Å². The first-order valence-electron chi connectivity index (χ1n) is 8.93. The van der Waals surface area contributed by atoms with Crippen LogP contribution >= 0.6 is 0 Å². The van der Waals surface area contributed by atoms with Crippen LogP contribution in [0.2, 0.25) is 0 Å². The van der Waals surface area contributed by atoms with Crippen LogP contribution in [-0.2, 0) is 11.2 Å². The van der Waals surface area contributed by atoms with Crippen LogP contribution in [-0.4, -0.2) is 25.0 Å². The smallest absolute Gasteiger partial charge is 0.255 e. The number of hydrogen-bond donors (Lipinski definition) is 2. The van der Waals surface area contributed by atoms with Gasteiger partial charge in [0.2, 0.25) is 5.91 Å². The fraction of sp³-hybridized carbons (Fsp3) is 0.333. The summed E-state index contributed by atoms with van der Waals surface area (Å²) in [7, 11) is 0. The molecule has 0 aliphatic heterocycles. The molecule has 0 aliphatic rings. The van der Waals surface area contributed by atoms with E-state index in [0.717, 1.165) is 12.0 Å². The molecule has 2 amide bonds. The number of rotatable bonds is 8. The van der Waals surface area contributed by atoms with Gasteiger partial charge in [-0.2, -0.15) is 0 Å². The van der Waals surface area contributed by atoms with Crippen LogP contribution in [0.25, 0.3) is 0 Å². The second-order valence-electron chi connectivity index (χ2n) is 6.00. The number of para-hydroxylation sites is 1. The molecule has 0 heterocycles. The van der Waals surface area contributed by atoms with Crippen molar-refractivity contribution >= 4 is 11.8 Å². The minimum atomic E-state index is -0.329. The number of ether oxygens (including phenoxy) is 1. The SMILES string of the molecule is CCOc1ccccc1C(=O)NCC(=O)NC(C)c1ccc(CC)cc1. The quantitative estimate of drug-likeness (QED) is 0.765. The molecule has 2 N–H and O–H groups in total. The van der Waals surface area contributed by atoms with Gasteiger partial charge in [-0.05, 0) is 43.5 Å². The van der Waals surface area contributed by atoms with Gasteiger partial charge in [-0.25, -0.2) is 0 Å². The lowest BCUT2D eigenvalue weighted by Crippen LogP contribution is -2.38. The number of carbonyl (C=O) groups is 2. The second kappa shape index (κ2) is 9.61. The highest BCUT2D eigenvalue weighted by atomic mass is 16.5. The molecule has 2 aromatic rings. The Morgan fingerprint density at radius 1 is 1.04 bits per heavy atom. The van der Waals surface area contributed by atoms with Crippen LogP contribution in [0.3, 0.4) is 0 Å². The maximum atomic E-state index is 12.3. The zero-order chi connectivity index (χ0) is 18.9. The Kier molecular flexibility index (Phi) is 7.21. The summed E-state index contributed by atoms with van der Waals surface area (Å²) in [6, 6.07) is 15.0. The molecule has 0 aromatic heterocycles. The van der Waals surface area contributed by atoms with Gasteiger partial charge in [0.15, 0.2) is 0 Å². The molecule has 0 saturated heterocycles. The number of benzene rings is 2. The zero-order valence-electron chi connectivity index (χ0n) is 15.5. The normalized spacial score (nSPS) is 11.5. The molecule has 1 unspecified atom stereocenters. The van der Waals surface area contributed by atoms with E-state index in [4.69, 9.17) is 4.74 Å². The fourth-order valence-electron chi connectivity index (χ4n) is 2.61. The van der Waals surface area contributed by atoms with Gasteiger partial charge in [0.25, 0.3) is 5.91 Å². The molecule has 1 atom stereocenters. The monoisotopic (exact) mass is 354 g/mol. The molecule has 0 aliphatic carbocycles. The Hall–Kier alpha value is -2.82. The van der Waals surface area contributed by atoms with Gasteiger partial charge < -0.3 is 15.4 Å². The van der Waals surface area contributed by atoms with E-state index in [9.17, 15) is 9.59 Å². The molecule has 0 spiro atoms. The summed E-state index contributed by atoms with van der Waals surface area (Å²) in [4.78, 5) is 24.4. The van der Waals surface area contributed by atoms with Gasteiger partial charge in [-0.1, -0.05) is 43.3 Å². The van der Waals surface area contributed by atoms with Crippen LogP contribution in [0.15, 0.2) is 48.5 Å². The van der Waals surface area contributed by atoms with E-state index in [0.29, 0.717) is 17.9 Å². The third-order valence-electron chi connectivity index (χ3n) is 4.11. The summed E-state index contributed by atoms with van der Waals surface area (Å²) in [5.74, 6) is -0.0549. The molecule has 0 radical (unpaired) electrons. The molecular weight excluding hydrogens is 328 g/mol. The summed E-state index contributed by atoms with van der Waals surface area (Å²) in [5.41, 5.74) is 2.71. The van der Waals surface area contributed by atoms with Gasteiger partial charge in [-0.15, -0.1) is 0 Å². The first-order valence-corrected chi connectivity index (χ1v) is 8.93. The predicted octanol–water partition coefficient (Wildman–Crippen LogP) is 3.25. The minimum Gasteiger partial charge on any atom is -0.493 e.